The molecule has 4 aromatic rings. The van der Waals surface area contributed by atoms with Crippen LogP contribution in [0.4, 0.5) is 10.8 Å². The lowest BCUT2D eigenvalue weighted by atomic mass is 10.1. The first-order valence-corrected chi connectivity index (χ1v) is 7.77. The third-order valence-electron chi connectivity index (χ3n) is 3.49. The maximum atomic E-state index is 5.93. The van der Waals surface area contributed by atoms with Crippen molar-refractivity contribution in [3.8, 4) is 10.8 Å². The van der Waals surface area contributed by atoms with Crippen molar-refractivity contribution in [1.29, 1.82) is 0 Å². The highest BCUT2D eigenvalue weighted by Crippen LogP contribution is 2.35. The lowest BCUT2D eigenvalue weighted by Crippen LogP contribution is -1.87. The Labute approximate surface area is 131 Å². The number of aromatic nitrogens is 2. The fourth-order valence-corrected chi connectivity index (χ4v) is 3.19. The van der Waals surface area contributed by atoms with Gasteiger partial charge in [-0.2, -0.15) is 0 Å². The van der Waals surface area contributed by atoms with Crippen molar-refractivity contribution in [2.45, 2.75) is 6.92 Å². The summed E-state index contributed by atoms with van der Waals surface area (Å²) in [6.07, 6.45) is 0. The zero-order chi connectivity index (χ0) is 14.9. The summed E-state index contributed by atoms with van der Waals surface area (Å²) in [7, 11) is 0. The Morgan fingerprint density at radius 3 is 2.55 bits per heavy atom. The number of aryl methyl sites for hydroxylation is 1. The number of nitrogens with zero attached hydrogens (tertiary/aromatic N) is 2. The van der Waals surface area contributed by atoms with Gasteiger partial charge in [-0.1, -0.05) is 47.7 Å². The van der Waals surface area contributed by atoms with Crippen LogP contribution in [-0.4, -0.2) is 10.2 Å². The van der Waals surface area contributed by atoms with Crippen LogP contribution in [0.5, 0.6) is 0 Å². The van der Waals surface area contributed by atoms with Crippen LogP contribution in [0.25, 0.3) is 21.7 Å². The second-order valence-corrected chi connectivity index (χ2v) is 5.93. The van der Waals surface area contributed by atoms with E-state index in [1.807, 2.05) is 55.5 Å². The molecule has 2 aromatic carbocycles. The first kappa shape index (κ1) is 13.0. The van der Waals surface area contributed by atoms with Crippen molar-refractivity contribution in [2.24, 2.45) is 0 Å². The SMILES string of the molecule is Cc1c(-c2nnc(Nc3ccccc3)s2)oc2ccccc12. The van der Waals surface area contributed by atoms with E-state index in [1.54, 1.807) is 0 Å². The molecule has 4 nitrogen and oxygen atoms in total. The van der Waals surface area contributed by atoms with Gasteiger partial charge in [-0.05, 0) is 25.1 Å². The largest absolute Gasteiger partial charge is 0.453 e. The lowest BCUT2D eigenvalue weighted by Gasteiger charge is -1.99. The highest BCUT2D eigenvalue weighted by Gasteiger charge is 2.16. The smallest absolute Gasteiger partial charge is 0.210 e. The molecule has 5 heteroatoms. The Morgan fingerprint density at radius 2 is 1.73 bits per heavy atom. The summed E-state index contributed by atoms with van der Waals surface area (Å²) in [5.41, 5.74) is 2.97. The normalized spacial score (nSPS) is 11.0. The third kappa shape index (κ3) is 2.25. The highest BCUT2D eigenvalue weighted by atomic mass is 32.1. The van der Waals surface area contributed by atoms with E-state index in [9.17, 15) is 0 Å². The average molecular weight is 307 g/mol. The van der Waals surface area contributed by atoms with E-state index >= 15 is 0 Å². The molecule has 0 aliphatic carbocycles. The van der Waals surface area contributed by atoms with Crippen molar-refractivity contribution in [3.05, 3.63) is 60.2 Å². The van der Waals surface area contributed by atoms with Crippen LogP contribution in [0.1, 0.15) is 5.56 Å². The number of rotatable bonds is 3. The van der Waals surface area contributed by atoms with E-state index in [4.69, 9.17) is 4.42 Å². The minimum Gasteiger partial charge on any atom is -0.453 e. The predicted molar refractivity (Wildman–Crippen MR) is 89.6 cm³/mol. The summed E-state index contributed by atoms with van der Waals surface area (Å²) in [4.78, 5) is 0. The number of hydrogen-bond acceptors (Lipinski definition) is 5. The minimum absolute atomic E-state index is 0.751. The fourth-order valence-electron chi connectivity index (χ4n) is 2.39. The molecule has 0 spiro atoms. The molecule has 108 valence electrons. The first-order valence-electron chi connectivity index (χ1n) is 6.95. The van der Waals surface area contributed by atoms with Gasteiger partial charge in [0.1, 0.15) is 5.58 Å². The molecule has 2 heterocycles. The summed E-state index contributed by atoms with van der Waals surface area (Å²) in [6, 6.07) is 17.9. The lowest BCUT2D eigenvalue weighted by molar-refractivity contribution is 0.627. The number of hydrogen-bond donors (Lipinski definition) is 1. The number of furan rings is 1. The molecule has 1 N–H and O–H groups in total. The molecular weight excluding hydrogens is 294 g/mol. The molecule has 2 aromatic heterocycles. The monoisotopic (exact) mass is 307 g/mol. The fraction of sp³-hybridized carbons (Fsp3) is 0.0588. The van der Waals surface area contributed by atoms with Crippen molar-refractivity contribution < 1.29 is 4.42 Å². The first-order chi connectivity index (χ1) is 10.8. The average Bonchev–Trinajstić information content (AvgIpc) is 3.14. The van der Waals surface area contributed by atoms with E-state index in [-0.39, 0.29) is 0 Å². The van der Waals surface area contributed by atoms with E-state index in [2.05, 4.69) is 21.6 Å². The van der Waals surface area contributed by atoms with Gasteiger partial charge in [0.25, 0.3) is 0 Å². The molecular formula is C17H13N3OS. The van der Waals surface area contributed by atoms with Gasteiger partial charge < -0.3 is 9.73 Å². The van der Waals surface area contributed by atoms with Crippen LogP contribution in [-0.2, 0) is 0 Å². The maximum Gasteiger partial charge on any atom is 0.210 e. The molecule has 22 heavy (non-hydrogen) atoms. The Kier molecular flexibility index (Phi) is 3.12. The van der Waals surface area contributed by atoms with Gasteiger partial charge in [-0.25, -0.2) is 0 Å². The van der Waals surface area contributed by atoms with Crippen molar-refractivity contribution in [3.63, 3.8) is 0 Å². The molecule has 0 aliphatic heterocycles. The van der Waals surface area contributed by atoms with Crippen molar-refractivity contribution in [2.75, 3.05) is 5.32 Å². The minimum atomic E-state index is 0.751. The Balaban J connectivity index is 1.69. The number of para-hydroxylation sites is 2. The van der Waals surface area contributed by atoms with Gasteiger partial charge in [-0.3, -0.25) is 0 Å². The standard InChI is InChI=1S/C17H13N3OS/c1-11-13-9-5-6-10-14(13)21-15(11)16-19-20-17(22-16)18-12-7-3-2-4-8-12/h2-10H,1H3,(H,18,20). The summed E-state index contributed by atoms with van der Waals surface area (Å²) < 4.78 is 5.93. The second-order valence-electron chi connectivity index (χ2n) is 4.96. The van der Waals surface area contributed by atoms with Gasteiger partial charge >= 0.3 is 0 Å². The van der Waals surface area contributed by atoms with E-state index in [0.29, 0.717) is 0 Å². The molecule has 0 saturated carbocycles. The van der Waals surface area contributed by atoms with Crippen molar-refractivity contribution in [1.82, 2.24) is 10.2 Å². The van der Waals surface area contributed by atoms with Crippen LogP contribution in [0.2, 0.25) is 0 Å². The summed E-state index contributed by atoms with van der Waals surface area (Å²) in [5.74, 6) is 0.791. The second kappa shape index (κ2) is 5.27. The molecule has 0 bridgehead atoms. The molecule has 0 atom stereocenters. The quantitative estimate of drug-likeness (QED) is 0.578. The topological polar surface area (TPSA) is 51.0 Å². The predicted octanol–water partition coefficient (Wildman–Crippen LogP) is 5.00. The number of benzene rings is 2. The van der Waals surface area contributed by atoms with Crippen LogP contribution < -0.4 is 5.32 Å². The van der Waals surface area contributed by atoms with E-state index in [1.165, 1.54) is 11.3 Å². The van der Waals surface area contributed by atoms with Crippen molar-refractivity contribution >= 4 is 33.1 Å². The number of anilines is 2. The van der Waals surface area contributed by atoms with Crippen LogP contribution in [0.3, 0.4) is 0 Å². The number of nitrogens with one attached hydrogen (secondary N) is 1. The summed E-state index contributed by atoms with van der Waals surface area (Å²) in [6.45, 7) is 2.05. The molecule has 0 fully saturated rings. The summed E-state index contributed by atoms with van der Waals surface area (Å²) >= 11 is 1.48. The van der Waals surface area contributed by atoms with Gasteiger partial charge in [0.15, 0.2) is 10.8 Å². The maximum absolute atomic E-state index is 5.93. The van der Waals surface area contributed by atoms with Gasteiger partial charge in [-0.15, -0.1) is 10.2 Å². The molecule has 0 aliphatic rings. The Morgan fingerprint density at radius 1 is 0.955 bits per heavy atom. The molecule has 0 amide bonds. The Hall–Kier alpha value is -2.66. The van der Waals surface area contributed by atoms with E-state index < -0.39 is 0 Å². The van der Waals surface area contributed by atoms with Crippen LogP contribution in [0.15, 0.2) is 59.0 Å². The van der Waals surface area contributed by atoms with Gasteiger partial charge in [0, 0.05) is 16.6 Å². The molecule has 4 rings (SSSR count). The zero-order valence-corrected chi connectivity index (χ0v) is 12.7. The third-order valence-corrected chi connectivity index (χ3v) is 4.33. The number of fused-ring (bicyclic) bond motifs is 1. The zero-order valence-electron chi connectivity index (χ0n) is 11.9. The molecule has 0 saturated heterocycles. The van der Waals surface area contributed by atoms with Crippen LogP contribution in [0, 0.1) is 6.92 Å². The van der Waals surface area contributed by atoms with E-state index in [0.717, 1.165) is 38.1 Å². The van der Waals surface area contributed by atoms with Gasteiger partial charge in [0.05, 0.1) is 0 Å². The van der Waals surface area contributed by atoms with Crippen LogP contribution >= 0.6 is 11.3 Å². The molecule has 0 radical (unpaired) electrons. The summed E-state index contributed by atoms with van der Waals surface area (Å²) in [5, 5.41) is 14.3. The molecule has 0 unspecified atom stereocenters. The highest BCUT2D eigenvalue weighted by molar-refractivity contribution is 7.18. The Bertz CT molecular complexity index is 927. The van der Waals surface area contributed by atoms with Gasteiger partial charge in [0.2, 0.25) is 5.13 Å².